The Kier molecular flexibility index (Phi) is 8.06. The van der Waals surface area contributed by atoms with Gasteiger partial charge in [-0.3, -0.25) is 9.69 Å². The van der Waals surface area contributed by atoms with E-state index in [1.165, 1.54) is 6.07 Å². The van der Waals surface area contributed by atoms with Crippen LogP contribution in [-0.2, 0) is 27.4 Å². The first-order chi connectivity index (χ1) is 14.1. The molecule has 2 rings (SSSR count). The van der Waals surface area contributed by atoms with E-state index in [0.29, 0.717) is 0 Å². The maximum atomic E-state index is 14.6. The molecule has 2 aromatic rings. The third kappa shape index (κ3) is 6.91. The van der Waals surface area contributed by atoms with Crippen LogP contribution >= 0.6 is 0 Å². The average molecular weight is 419 g/mol. The minimum absolute atomic E-state index is 0.0713. The van der Waals surface area contributed by atoms with Crippen molar-refractivity contribution in [2.45, 2.75) is 46.4 Å². The second kappa shape index (κ2) is 10.3. The summed E-state index contributed by atoms with van der Waals surface area (Å²) in [5, 5.41) is 0. The van der Waals surface area contributed by atoms with E-state index in [1.807, 2.05) is 30.3 Å². The predicted molar refractivity (Wildman–Crippen MR) is 109 cm³/mol. The van der Waals surface area contributed by atoms with Crippen LogP contribution < -0.4 is 0 Å². The summed E-state index contributed by atoms with van der Waals surface area (Å²) in [6.07, 6.45) is 0. The highest BCUT2D eigenvalue weighted by atomic mass is 19.2. The van der Waals surface area contributed by atoms with Crippen molar-refractivity contribution >= 4 is 11.9 Å². The van der Waals surface area contributed by atoms with Crippen molar-refractivity contribution in [1.29, 1.82) is 0 Å². The molecule has 0 bridgehead atoms. The van der Waals surface area contributed by atoms with Crippen molar-refractivity contribution in [2.75, 3.05) is 13.2 Å². The van der Waals surface area contributed by atoms with E-state index in [2.05, 4.69) is 0 Å². The quantitative estimate of drug-likeness (QED) is 0.591. The molecule has 0 N–H and O–H groups in total. The van der Waals surface area contributed by atoms with Crippen LogP contribution in [0.2, 0.25) is 0 Å². The molecule has 0 aliphatic carbocycles. The fraction of sp³-hybridized carbons (Fsp3) is 0.391. The topological polar surface area (TPSA) is 55.8 Å². The first kappa shape index (κ1) is 23.5. The molecule has 0 amide bonds. The highest BCUT2D eigenvalue weighted by Crippen LogP contribution is 2.22. The van der Waals surface area contributed by atoms with E-state index in [-0.39, 0.29) is 37.4 Å². The Balaban J connectivity index is 2.36. The van der Waals surface area contributed by atoms with Gasteiger partial charge in [-0.25, -0.2) is 13.6 Å². The van der Waals surface area contributed by atoms with Gasteiger partial charge in [0.05, 0.1) is 18.7 Å². The Morgan fingerprint density at radius 2 is 1.67 bits per heavy atom. The zero-order valence-electron chi connectivity index (χ0n) is 17.7. The Morgan fingerprint density at radius 1 is 1.00 bits per heavy atom. The molecule has 5 nitrogen and oxygen atoms in total. The van der Waals surface area contributed by atoms with Gasteiger partial charge in [0.2, 0.25) is 0 Å². The third-order valence-corrected chi connectivity index (χ3v) is 4.09. The number of ether oxygens (including phenoxy) is 2. The van der Waals surface area contributed by atoms with Gasteiger partial charge in [0, 0.05) is 18.7 Å². The molecule has 0 fully saturated rings. The van der Waals surface area contributed by atoms with Crippen molar-refractivity contribution in [3.63, 3.8) is 0 Å². The number of esters is 2. The van der Waals surface area contributed by atoms with E-state index in [0.717, 1.165) is 11.6 Å². The van der Waals surface area contributed by atoms with Crippen molar-refractivity contribution in [1.82, 2.24) is 4.90 Å². The van der Waals surface area contributed by atoms with E-state index >= 15 is 0 Å². The molecule has 0 spiro atoms. The summed E-state index contributed by atoms with van der Waals surface area (Å²) in [6, 6.07) is 11.3. The van der Waals surface area contributed by atoms with Gasteiger partial charge in [-0.2, -0.15) is 0 Å². The summed E-state index contributed by atoms with van der Waals surface area (Å²) in [5.74, 6) is -3.46. The number of hydrogen-bond acceptors (Lipinski definition) is 5. The molecular weight excluding hydrogens is 392 g/mol. The molecule has 0 unspecified atom stereocenters. The van der Waals surface area contributed by atoms with Crippen molar-refractivity contribution in [3.05, 3.63) is 70.8 Å². The number of halogens is 2. The average Bonchev–Trinajstić information content (AvgIpc) is 2.65. The van der Waals surface area contributed by atoms with Gasteiger partial charge < -0.3 is 9.47 Å². The number of carbonyl (C=O) groups excluding carboxylic acids is 2. The van der Waals surface area contributed by atoms with E-state index in [4.69, 9.17) is 9.47 Å². The minimum atomic E-state index is -1.14. The molecule has 0 saturated carbocycles. The number of hydrogen-bond donors (Lipinski definition) is 0. The lowest BCUT2D eigenvalue weighted by molar-refractivity contribution is -0.156. The molecule has 30 heavy (non-hydrogen) atoms. The molecule has 0 aliphatic rings. The summed E-state index contributed by atoms with van der Waals surface area (Å²) in [6.45, 7) is 6.91. The zero-order chi connectivity index (χ0) is 22.3. The molecule has 0 aliphatic heterocycles. The standard InChI is InChI=1S/C23H27F2NO4/c1-5-29-22(28)17-11-12-19(24)21(25)18(17)14-26(13-16-9-7-6-8-10-16)15-20(27)30-23(2,3)4/h6-12H,5,13-15H2,1-4H3. The Labute approximate surface area is 175 Å². The first-order valence-electron chi connectivity index (χ1n) is 9.73. The summed E-state index contributed by atoms with van der Waals surface area (Å²) < 4.78 is 38.9. The lowest BCUT2D eigenvalue weighted by Crippen LogP contribution is -2.35. The molecule has 162 valence electrons. The number of benzene rings is 2. The summed E-state index contributed by atoms with van der Waals surface area (Å²) in [4.78, 5) is 26.3. The van der Waals surface area contributed by atoms with E-state index < -0.39 is 29.2 Å². The highest BCUT2D eigenvalue weighted by Gasteiger charge is 2.24. The van der Waals surface area contributed by atoms with Crippen LogP contribution in [0.25, 0.3) is 0 Å². The minimum Gasteiger partial charge on any atom is -0.462 e. The van der Waals surface area contributed by atoms with Crippen molar-refractivity contribution < 1.29 is 27.8 Å². The van der Waals surface area contributed by atoms with Crippen molar-refractivity contribution in [2.24, 2.45) is 0 Å². The van der Waals surface area contributed by atoms with E-state index in [9.17, 15) is 18.4 Å². The van der Waals surface area contributed by atoms with Crippen LogP contribution in [-0.4, -0.2) is 35.6 Å². The fourth-order valence-corrected chi connectivity index (χ4v) is 2.94. The Hall–Kier alpha value is -2.80. The molecular formula is C23H27F2NO4. The maximum absolute atomic E-state index is 14.6. The van der Waals surface area contributed by atoms with Gasteiger partial charge in [-0.05, 0) is 45.4 Å². The molecule has 0 atom stereocenters. The van der Waals surface area contributed by atoms with Gasteiger partial charge in [-0.15, -0.1) is 0 Å². The molecule has 0 aromatic heterocycles. The number of rotatable bonds is 8. The lowest BCUT2D eigenvalue weighted by Gasteiger charge is -2.26. The molecule has 7 heteroatoms. The molecule has 0 radical (unpaired) electrons. The van der Waals surface area contributed by atoms with Gasteiger partial charge in [0.1, 0.15) is 5.60 Å². The van der Waals surface area contributed by atoms with Crippen LogP contribution in [0.15, 0.2) is 42.5 Å². The van der Waals surface area contributed by atoms with Crippen LogP contribution in [0.3, 0.4) is 0 Å². The zero-order valence-corrected chi connectivity index (χ0v) is 17.7. The fourth-order valence-electron chi connectivity index (χ4n) is 2.94. The smallest absolute Gasteiger partial charge is 0.338 e. The number of nitrogens with zero attached hydrogens (tertiary/aromatic N) is 1. The van der Waals surface area contributed by atoms with Gasteiger partial charge in [-0.1, -0.05) is 30.3 Å². The Morgan fingerprint density at radius 3 is 2.27 bits per heavy atom. The molecule has 0 saturated heterocycles. The van der Waals surface area contributed by atoms with Gasteiger partial charge in [0.15, 0.2) is 11.6 Å². The van der Waals surface area contributed by atoms with Gasteiger partial charge in [0.25, 0.3) is 0 Å². The van der Waals surface area contributed by atoms with Crippen LogP contribution in [0.1, 0.15) is 49.2 Å². The Bertz CT molecular complexity index is 879. The highest BCUT2D eigenvalue weighted by molar-refractivity contribution is 5.91. The van der Waals surface area contributed by atoms with Crippen LogP contribution in [0.4, 0.5) is 8.78 Å². The van der Waals surface area contributed by atoms with Crippen LogP contribution in [0.5, 0.6) is 0 Å². The summed E-state index contributed by atoms with van der Waals surface area (Å²) in [7, 11) is 0. The predicted octanol–water partition coefficient (Wildman–Crippen LogP) is 4.49. The van der Waals surface area contributed by atoms with Crippen LogP contribution in [0, 0.1) is 11.6 Å². The largest absolute Gasteiger partial charge is 0.462 e. The number of carbonyl (C=O) groups is 2. The molecule has 0 heterocycles. The van der Waals surface area contributed by atoms with Gasteiger partial charge >= 0.3 is 11.9 Å². The summed E-state index contributed by atoms with van der Waals surface area (Å²) in [5.41, 5.74) is -0.0446. The maximum Gasteiger partial charge on any atom is 0.338 e. The molecule has 2 aromatic carbocycles. The van der Waals surface area contributed by atoms with E-state index in [1.54, 1.807) is 32.6 Å². The van der Waals surface area contributed by atoms with Crippen molar-refractivity contribution in [3.8, 4) is 0 Å². The SMILES string of the molecule is CCOC(=O)c1ccc(F)c(F)c1CN(CC(=O)OC(C)(C)C)Cc1ccccc1. The normalized spacial score (nSPS) is 11.4. The summed E-state index contributed by atoms with van der Waals surface area (Å²) >= 11 is 0. The second-order valence-corrected chi connectivity index (χ2v) is 7.83. The first-order valence-corrected chi connectivity index (χ1v) is 9.73. The monoisotopic (exact) mass is 419 g/mol. The lowest BCUT2D eigenvalue weighted by atomic mass is 10.1. The second-order valence-electron chi connectivity index (χ2n) is 7.83. The third-order valence-electron chi connectivity index (χ3n) is 4.09.